The molecule has 0 aromatic heterocycles. The van der Waals surface area contributed by atoms with Crippen molar-refractivity contribution in [3.63, 3.8) is 0 Å². The summed E-state index contributed by atoms with van der Waals surface area (Å²) in [4.78, 5) is 10.1. The Labute approximate surface area is 123 Å². The minimum absolute atomic E-state index is 0.0181. The first-order valence-electron chi connectivity index (χ1n) is 6.06. The molecule has 8 heteroatoms. The van der Waals surface area contributed by atoms with Crippen LogP contribution in [0.5, 0.6) is 11.5 Å². The van der Waals surface area contributed by atoms with Crippen LogP contribution in [0.25, 0.3) is 0 Å². The zero-order valence-electron chi connectivity index (χ0n) is 11.0. The quantitative estimate of drug-likeness (QED) is 0.599. The summed E-state index contributed by atoms with van der Waals surface area (Å²) >= 11 is 0. The van der Waals surface area contributed by atoms with E-state index in [0.717, 1.165) is 18.2 Å². The van der Waals surface area contributed by atoms with Gasteiger partial charge in [0.1, 0.15) is 18.2 Å². The number of benzene rings is 2. The first-order chi connectivity index (χ1) is 10.5. The normalized spacial score (nSPS) is 10.5. The van der Waals surface area contributed by atoms with Gasteiger partial charge in [-0.25, -0.2) is 4.39 Å². The van der Waals surface area contributed by atoms with Crippen molar-refractivity contribution in [2.45, 2.75) is 13.2 Å². The van der Waals surface area contributed by atoms with Crippen molar-refractivity contribution in [1.29, 1.82) is 0 Å². The van der Waals surface area contributed by atoms with Crippen molar-refractivity contribution in [2.75, 3.05) is 0 Å². The van der Waals surface area contributed by atoms with Crippen molar-refractivity contribution in [2.24, 2.45) is 0 Å². The molecule has 0 amide bonds. The van der Waals surface area contributed by atoms with E-state index in [9.17, 15) is 23.3 Å². The third-order valence-electron chi connectivity index (χ3n) is 2.66. The van der Waals surface area contributed by atoms with Crippen molar-refractivity contribution in [3.8, 4) is 11.5 Å². The number of nitrogens with zero attached hydrogens (tertiary/aromatic N) is 1. The van der Waals surface area contributed by atoms with E-state index in [1.165, 1.54) is 24.3 Å². The van der Waals surface area contributed by atoms with E-state index in [1.54, 1.807) is 0 Å². The smallest absolute Gasteiger partial charge is 0.387 e. The Hall–Kier alpha value is -2.77. The number of rotatable bonds is 6. The standard InChI is InChI=1S/C14H10F3NO4/c15-10-3-6-12(18(19)20)13(7-10)21-8-9-1-4-11(5-2-9)22-14(16)17/h1-7,14H,8H2. The van der Waals surface area contributed by atoms with Crippen LogP contribution in [0.15, 0.2) is 42.5 Å². The van der Waals surface area contributed by atoms with Gasteiger partial charge >= 0.3 is 12.3 Å². The summed E-state index contributed by atoms with van der Waals surface area (Å²) < 4.78 is 46.5. The lowest BCUT2D eigenvalue weighted by molar-refractivity contribution is -0.386. The van der Waals surface area contributed by atoms with Crippen molar-refractivity contribution >= 4 is 5.69 Å². The molecule has 0 spiro atoms. The lowest BCUT2D eigenvalue weighted by atomic mass is 10.2. The summed E-state index contributed by atoms with van der Waals surface area (Å²) in [5.74, 6) is -0.894. The minimum atomic E-state index is -2.92. The highest BCUT2D eigenvalue weighted by Gasteiger charge is 2.16. The highest BCUT2D eigenvalue weighted by Crippen LogP contribution is 2.28. The number of hydrogen-bond donors (Lipinski definition) is 0. The van der Waals surface area contributed by atoms with Gasteiger partial charge in [0.25, 0.3) is 0 Å². The molecule has 2 rings (SSSR count). The maximum atomic E-state index is 13.1. The molecular formula is C14H10F3NO4. The van der Waals surface area contributed by atoms with Crippen LogP contribution in [0.1, 0.15) is 5.56 Å². The molecule has 22 heavy (non-hydrogen) atoms. The molecule has 0 heterocycles. The highest BCUT2D eigenvalue weighted by molar-refractivity contribution is 5.46. The molecule has 0 atom stereocenters. The first-order valence-corrected chi connectivity index (χ1v) is 6.06. The second-order valence-corrected chi connectivity index (χ2v) is 4.18. The molecule has 0 N–H and O–H groups in total. The Balaban J connectivity index is 2.07. The monoisotopic (exact) mass is 313 g/mol. The second-order valence-electron chi connectivity index (χ2n) is 4.18. The fraction of sp³-hybridized carbons (Fsp3) is 0.143. The van der Waals surface area contributed by atoms with E-state index in [-0.39, 0.29) is 23.8 Å². The fourth-order valence-corrected chi connectivity index (χ4v) is 1.68. The van der Waals surface area contributed by atoms with Gasteiger partial charge in [-0.05, 0) is 23.8 Å². The van der Waals surface area contributed by atoms with Gasteiger partial charge in [0.2, 0.25) is 0 Å². The van der Waals surface area contributed by atoms with Gasteiger partial charge in [-0.1, -0.05) is 12.1 Å². The number of nitro groups is 1. The van der Waals surface area contributed by atoms with Crippen LogP contribution >= 0.6 is 0 Å². The van der Waals surface area contributed by atoms with Crippen molar-refractivity contribution in [1.82, 2.24) is 0 Å². The Morgan fingerprint density at radius 3 is 2.41 bits per heavy atom. The molecular weight excluding hydrogens is 303 g/mol. The average Bonchev–Trinajstić information content (AvgIpc) is 2.45. The second kappa shape index (κ2) is 6.79. The van der Waals surface area contributed by atoms with Crippen LogP contribution in [0.2, 0.25) is 0 Å². The Bertz CT molecular complexity index is 662. The zero-order chi connectivity index (χ0) is 16.1. The summed E-state index contributed by atoms with van der Waals surface area (Å²) in [6, 6.07) is 8.42. The van der Waals surface area contributed by atoms with Crippen LogP contribution in [0.4, 0.5) is 18.9 Å². The van der Waals surface area contributed by atoms with E-state index < -0.39 is 17.4 Å². The van der Waals surface area contributed by atoms with Gasteiger partial charge in [0, 0.05) is 12.1 Å². The molecule has 0 saturated heterocycles. The topological polar surface area (TPSA) is 61.6 Å². The SMILES string of the molecule is O=[N+]([O-])c1ccc(F)cc1OCc1ccc(OC(F)F)cc1. The van der Waals surface area contributed by atoms with Gasteiger partial charge < -0.3 is 9.47 Å². The molecule has 0 aliphatic heterocycles. The predicted octanol–water partition coefficient (Wildman–Crippen LogP) is 3.91. The predicted molar refractivity (Wildman–Crippen MR) is 70.5 cm³/mol. The lowest BCUT2D eigenvalue weighted by Crippen LogP contribution is -2.02. The molecule has 2 aromatic rings. The maximum absolute atomic E-state index is 13.1. The van der Waals surface area contributed by atoms with E-state index in [4.69, 9.17) is 4.74 Å². The van der Waals surface area contributed by atoms with Gasteiger partial charge in [-0.3, -0.25) is 10.1 Å². The summed E-state index contributed by atoms with van der Waals surface area (Å²) in [6.45, 7) is -3.00. The van der Waals surface area contributed by atoms with Crippen LogP contribution < -0.4 is 9.47 Å². The summed E-state index contributed by atoms with van der Waals surface area (Å²) in [6.07, 6.45) is 0. The van der Waals surface area contributed by atoms with E-state index in [1.807, 2.05) is 0 Å². The molecule has 0 aliphatic carbocycles. The highest BCUT2D eigenvalue weighted by atomic mass is 19.3. The Kier molecular flexibility index (Phi) is 4.82. The van der Waals surface area contributed by atoms with Gasteiger partial charge in [0.15, 0.2) is 5.75 Å². The number of ether oxygens (including phenoxy) is 2. The third-order valence-corrected chi connectivity index (χ3v) is 2.66. The number of alkyl halides is 2. The van der Waals surface area contributed by atoms with E-state index >= 15 is 0 Å². The molecule has 116 valence electrons. The van der Waals surface area contributed by atoms with E-state index in [0.29, 0.717) is 5.56 Å². The van der Waals surface area contributed by atoms with Crippen molar-refractivity contribution < 1.29 is 27.6 Å². The van der Waals surface area contributed by atoms with Gasteiger partial charge in [-0.15, -0.1) is 0 Å². The molecule has 5 nitrogen and oxygen atoms in total. The number of hydrogen-bond acceptors (Lipinski definition) is 4. The molecule has 0 unspecified atom stereocenters. The largest absolute Gasteiger partial charge is 0.482 e. The van der Waals surface area contributed by atoms with Crippen LogP contribution in [0, 0.1) is 15.9 Å². The Morgan fingerprint density at radius 1 is 1.14 bits per heavy atom. The van der Waals surface area contributed by atoms with Gasteiger partial charge in [-0.2, -0.15) is 8.78 Å². The molecule has 0 aliphatic rings. The molecule has 0 bridgehead atoms. The average molecular weight is 313 g/mol. The summed E-state index contributed by atoms with van der Waals surface area (Å²) in [5, 5.41) is 10.8. The third kappa shape index (κ3) is 4.11. The molecule has 0 fully saturated rings. The van der Waals surface area contributed by atoms with Crippen LogP contribution in [-0.2, 0) is 6.61 Å². The van der Waals surface area contributed by atoms with Crippen molar-refractivity contribution in [3.05, 3.63) is 64.0 Å². The molecule has 2 aromatic carbocycles. The van der Waals surface area contributed by atoms with Gasteiger partial charge in [0.05, 0.1) is 4.92 Å². The Morgan fingerprint density at radius 2 is 1.82 bits per heavy atom. The van der Waals surface area contributed by atoms with E-state index in [2.05, 4.69) is 4.74 Å². The minimum Gasteiger partial charge on any atom is -0.482 e. The summed E-state index contributed by atoms with van der Waals surface area (Å²) in [7, 11) is 0. The summed E-state index contributed by atoms with van der Waals surface area (Å²) in [5.41, 5.74) is 0.194. The van der Waals surface area contributed by atoms with Crippen LogP contribution in [0.3, 0.4) is 0 Å². The fourth-order valence-electron chi connectivity index (χ4n) is 1.68. The number of halogens is 3. The zero-order valence-corrected chi connectivity index (χ0v) is 11.0. The van der Waals surface area contributed by atoms with Crippen LogP contribution in [-0.4, -0.2) is 11.5 Å². The molecule has 0 radical (unpaired) electrons. The maximum Gasteiger partial charge on any atom is 0.387 e. The molecule has 0 saturated carbocycles. The number of nitro benzene ring substituents is 1. The first kappa shape index (κ1) is 15.6. The lowest BCUT2D eigenvalue weighted by Gasteiger charge is -2.08.